The highest BCUT2D eigenvalue weighted by molar-refractivity contribution is 5.77. The summed E-state index contributed by atoms with van der Waals surface area (Å²) in [5.74, 6) is 0.343. The van der Waals surface area contributed by atoms with Gasteiger partial charge in [0.05, 0.1) is 0 Å². The summed E-state index contributed by atoms with van der Waals surface area (Å²) >= 11 is 0. The van der Waals surface area contributed by atoms with Gasteiger partial charge in [-0.15, -0.1) is 0 Å². The van der Waals surface area contributed by atoms with E-state index in [2.05, 4.69) is 0 Å². The van der Waals surface area contributed by atoms with Crippen LogP contribution < -0.4 is 0 Å². The highest BCUT2D eigenvalue weighted by atomic mass is 16.1. The van der Waals surface area contributed by atoms with Crippen molar-refractivity contribution in [1.29, 1.82) is 0 Å². The van der Waals surface area contributed by atoms with Crippen molar-refractivity contribution in [2.24, 2.45) is 0 Å². The summed E-state index contributed by atoms with van der Waals surface area (Å²) < 4.78 is 0. The van der Waals surface area contributed by atoms with Crippen LogP contribution in [0.2, 0.25) is 0 Å². The van der Waals surface area contributed by atoms with Gasteiger partial charge < -0.3 is 0 Å². The summed E-state index contributed by atoms with van der Waals surface area (Å²) in [6, 6.07) is 0. The highest BCUT2D eigenvalue weighted by Gasteiger charge is 1.86. The molecule has 0 radical (unpaired) electrons. The fourth-order valence-corrected chi connectivity index (χ4v) is 0.250. The lowest BCUT2D eigenvalue weighted by molar-refractivity contribution is -0.118. The van der Waals surface area contributed by atoms with Crippen LogP contribution >= 0.6 is 0 Å². The smallest absolute Gasteiger partial charge is 0.132 e. The Balaban J connectivity index is -0.00000000595. The van der Waals surface area contributed by atoms with E-state index in [1.54, 1.807) is 0 Å². The van der Waals surface area contributed by atoms with E-state index < -0.39 is 0 Å². The molecule has 0 bridgehead atoms. The first-order chi connectivity index (χ1) is 2.81. The Morgan fingerprint density at radius 1 is 0.692 bits per heavy atom. The van der Waals surface area contributed by atoms with Gasteiger partial charge in [0.1, 0.15) is 5.78 Å². The second kappa shape index (κ2) is 60.9. The summed E-state index contributed by atoms with van der Waals surface area (Å²) in [6.45, 7) is 3.76. The molecule has 0 aromatic carbocycles. The molecule has 0 aliphatic heterocycles. The average Bonchev–Trinajstić information content (AvgIpc) is 1.65. The van der Waals surface area contributed by atoms with Crippen molar-refractivity contribution in [2.45, 2.75) is 78.7 Å². The van der Waals surface area contributed by atoms with E-state index in [4.69, 9.17) is 0 Å². The van der Waals surface area contributed by atoms with Gasteiger partial charge in [-0.25, -0.2) is 0 Å². The maximum absolute atomic E-state index is 10.2. The molecule has 0 fully saturated rings. The molecule has 0 heterocycles. The Morgan fingerprint density at radius 2 is 0.846 bits per heavy atom. The van der Waals surface area contributed by atoms with E-state index >= 15 is 0 Å². The zero-order chi connectivity index (χ0) is 4.99. The van der Waals surface area contributed by atoms with Crippen LogP contribution in [-0.4, -0.2) is 5.78 Å². The van der Waals surface area contributed by atoms with E-state index in [1.165, 1.54) is 0 Å². The molecular weight excluding hydrogens is 160 g/mol. The quantitative estimate of drug-likeness (QED) is 0.545. The predicted octanol–water partition coefficient (Wildman–Crippen LogP) is 5.83. The Bertz CT molecular complexity index is 43.1. The minimum atomic E-state index is 0. The van der Waals surface area contributed by atoms with Gasteiger partial charge in [0.2, 0.25) is 0 Å². The zero-order valence-corrected chi connectivity index (χ0v) is 4.32. The molecule has 0 aliphatic rings. The second-order valence-electron chi connectivity index (χ2n) is 1.25. The number of hydrogen-bond acceptors (Lipinski definition) is 1. The molecular formula is C12H38O. The lowest BCUT2D eigenvalue weighted by atomic mass is 10.3. The fourth-order valence-electron chi connectivity index (χ4n) is 0.250. The second-order valence-corrected chi connectivity index (χ2v) is 1.25. The van der Waals surface area contributed by atoms with Crippen molar-refractivity contribution >= 4 is 5.78 Å². The number of ketones is 1. The average molecular weight is 198 g/mol. The molecule has 0 saturated heterocycles. The molecule has 92 valence electrons. The molecule has 1 heteroatoms. The molecule has 0 unspecified atom stereocenters. The fraction of sp³-hybridized carbons (Fsp3) is 0.917. The molecule has 13 heavy (non-hydrogen) atoms. The van der Waals surface area contributed by atoms with Crippen LogP contribution in [0.15, 0.2) is 0 Å². The maximum Gasteiger partial charge on any atom is 0.132 e. The van der Waals surface area contributed by atoms with Crippen LogP contribution in [0, 0.1) is 0 Å². The van der Waals surface area contributed by atoms with Crippen molar-refractivity contribution in [3.05, 3.63) is 0 Å². The Kier molecular flexibility index (Phi) is 371. The van der Waals surface area contributed by atoms with Crippen LogP contribution in [0.5, 0.6) is 0 Å². The third-order valence-corrected chi connectivity index (χ3v) is 0.789. The number of rotatable bonds is 2. The minimum absolute atomic E-state index is 0. The normalized spacial score (nSPS) is 3.85. The Hall–Kier alpha value is -0.330. The largest absolute Gasteiger partial charge is 0.300 e. The van der Waals surface area contributed by atoms with E-state index in [0.717, 1.165) is 0 Å². The first kappa shape index (κ1) is 79.1. The first-order valence-corrected chi connectivity index (χ1v) is 2.33. The number of Topliss-reactive ketones (excluding diaryl/α,β-unsaturated/α-hetero) is 1. The van der Waals surface area contributed by atoms with Gasteiger partial charge in [0, 0.05) is 12.8 Å². The van der Waals surface area contributed by atoms with Gasteiger partial charge in [0.15, 0.2) is 0 Å². The molecule has 0 atom stereocenters. The molecule has 0 aromatic rings. The van der Waals surface area contributed by atoms with Crippen LogP contribution in [-0.2, 0) is 4.79 Å². The van der Waals surface area contributed by atoms with Gasteiger partial charge in [0.25, 0.3) is 0 Å². The summed E-state index contributed by atoms with van der Waals surface area (Å²) in [4.78, 5) is 10.2. The van der Waals surface area contributed by atoms with Crippen molar-refractivity contribution in [2.75, 3.05) is 0 Å². The summed E-state index contributed by atoms with van der Waals surface area (Å²) in [5.41, 5.74) is 0. The van der Waals surface area contributed by atoms with Crippen LogP contribution in [0.1, 0.15) is 78.7 Å². The maximum atomic E-state index is 10.2. The first-order valence-electron chi connectivity index (χ1n) is 2.33. The van der Waals surface area contributed by atoms with Crippen molar-refractivity contribution < 1.29 is 4.79 Å². The van der Waals surface area contributed by atoms with Gasteiger partial charge >= 0.3 is 0 Å². The Labute approximate surface area is 90.0 Å². The molecule has 0 amide bonds. The van der Waals surface area contributed by atoms with Crippen molar-refractivity contribution in [1.82, 2.24) is 0 Å². The number of carbonyl (C=O) groups is 1. The van der Waals surface area contributed by atoms with Crippen molar-refractivity contribution in [3.63, 3.8) is 0 Å². The summed E-state index contributed by atoms with van der Waals surface area (Å²) in [5, 5.41) is 0. The van der Waals surface area contributed by atoms with Gasteiger partial charge in [-0.3, -0.25) is 4.79 Å². The van der Waals surface area contributed by atoms with Crippen molar-refractivity contribution in [3.8, 4) is 0 Å². The van der Waals surface area contributed by atoms with Crippen LogP contribution in [0.4, 0.5) is 0 Å². The SMILES string of the molecule is C.C.C.C.C.C.C.CCC(=O)CC. The highest BCUT2D eigenvalue weighted by Crippen LogP contribution is 1.82. The summed E-state index contributed by atoms with van der Waals surface area (Å²) in [6.07, 6.45) is 1.38. The Morgan fingerprint density at radius 3 is 0.846 bits per heavy atom. The topological polar surface area (TPSA) is 17.1 Å². The molecule has 0 rings (SSSR count). The third kappa shape index (κ3) is 81.0. The molecule has 0 aromatic heterocycles. The number of carbonyl (C=O) groups excluding carboxylic acids is 1. The standard InChI is InChI=1S/C5H10O.7CH4/c1-3-5(6)4-2;;;;;;;/h3-4H2,1-2H3;7*1H4. The number of hydrogen-bond donors (Lipinski definition) is 0. The van der Waals surface area contributed by atoms with Gasteiger partial charge in [-0.2, -0.15) is 0 Å². The van der Waals surface area contributed by atoms with Crippen LogP contribution in [0.25, 0.3) is 0 Å². The lowest BCUT2D eigenvalue weighted by Crippen LogP contribution is -1.88. The summed E-state index contributed by atoms with van der Waals surface area (Å²) in [7, 11) is 0. The monoisotopic (exact) mass is 198 g/mol. The zero-order valence-electron chi connectivity index (χ0n) is 4.32. The molecule has 0 spiro atoms. The van der Waals surface area contributed by atoms with E-state index in [9.17, 15) is 4.79 Å². The molecule has 0 saturated carbocycles. The van der Waals surface area contributed by atoms with E-state index in [0.29, 0.717) is 18.6 Å². The molecule has 1 nitrogen and oxygen atoms in total. The third-order valence-electron chi connectivity index (χ3n) is 0.789. The van der Waals surface area contributed by atoms with Gasteiger partial charge in [-0.05, 0) is 0 Å². The van der Waals surface area contributed by atoms with Crippen LogP contribution in [0.3, 0.4) is 0 Å². The van der Waals surface area contributed by atoms with Gasteiger partial charge in [-0.1, -0.05) is 65.8 Å². The van der Waals surface area contributed by atoms with E-state index in [1.807, 2.05) is 13.8 Å². The molecule has 0 aliphatic carbocycles. The van der Waals surface area contributed by atoms with E-state index in [-0.39, 0.29) is 52.0 Å². The predicted molar refractivity (Wildman–Crippen MR) is 72.7 cm³/mol. The lowest BCUT2D eigenvalue weighted by Gasteiger charge is -1.81. The molecule has 0 N–H and O–H groups in total. The minimum Gasteiger partial charge on any atom is -0.300 e.